The van der Waals surface area contributed by atoms with Crippen LogP contribution in [0.3, 0.4) is 0 Å². The van der Waals surface area contributed by atoms with Crippen molar-refractivity contribution in [1.82, 2.24) is 10.2 Å². The Bertz CT molecular complexity index is 1160. The van der Waals surface area contributed by atoms with E-state index in [9.17, 15) is 9.59 Å². The van der Waals surface area contributed by atoms with E-state index in [1.165, 1.54) is 6.26 Å². The summed E-state index contributed by atoms with van der Waals surface area (Å²) in [5.74, 6) is 1.32. The van der Waals surface area contributed by atoms with Crippen molar-refractivity contribution in [2.75, 3.05) is 27.0 Å². The molecule has 1 aromatic heterocycles. The number of carbonyl (C=O) groups is 2. The van der Waals surface area contributed by atoms with E-state index in [0.717, 1.165) is 11.1 Å². The molecule has 1 saturated heterocycles. The van der Waals surface area contributed by atoms with Crippen LogP contribution in [0.15, 0.2) is 65.3 Å². The molecule has 3 heterocycles. The fraction of sp³-hybridized carbons (Fsp3) is 0.280. The van der Waals surface area contributed by atoms with E-state index in [-0.39, 0.29) is 36.8 Å². The number of nitrogens with zero attached hydrogens (tertiary/aromatic N) is 1. The average molecular weight is 448 g/mol. The highest BCUT2D eigenvalue weighted by molar-refractivity contribution is 5.92. The van der Waals surface area contributed by atoms with Gasteiger partial charge in [-0.2, -0.15) is 0 Å². The van der Waals surface area contributed by atoms with Crippen LogP contribution in [-0.4, -0.2) is 43.7 Å². The number of nitrogens with one attached hydrogen (secondary N) is 1. The van der Waals surface area contributed by atoms with Crippen molar-refractivity contribution in [3.05, 3.63) is 77.7 Å². The van der Waals surface area contributed by atoms with Crippen LogP contribution in [0.1, 0.15) is 27.6 Å². The van der Waals surface area contributed by atoms with Gasteiger partial charge < -0.3 is 28.8 Å². The van der Waals surface area contributed by atoms with Crippen LogP contribution in [0.4, 0.5) is 0 Å². The van der Waals surface area contributed by atoms with Gasteiger partial charge in [0.05, 0.1) is 19.3 Å². The molecular formula is C25H24N2O6. The van der Waals surface area contributed by atoms with Crippen molar-refractivity contribution in [1.29, 1.82) is 0 Å². The van der Waals surface area contributed by atoms with Crippen LogP contribution < -0.4 is 19.5 Å². The summed E-state index contributed by atoms with van der Waals surface area (Å²) in [6, 6.07) is 16.5. The summed E-state index contributed by atoms with van der Waals surface area (Å²) in [7, 11) is 1.61. The number of hydrogen-bond acceptors (Lipinski definition) is 6. The highest BCUT2D eigenvalue weighted by Crippen LogP contribution is 2.38. The van der Waals surface area contributed by atoms with Crippen LogP contribution in [0.25, 0.3) is 0 Å². The highest BCUT2D eigenvalue weighted by Gasteiger charge is 2.42. The van der Waals surface area contributed by atoms with Crippen LogP contribution in [0.2, 0.25) is 0 Å². The molecule has 0 spiro atoms. The van der Waals surface area contributed by atoms with Crippen molar-refractivity contribution in [2.45, 2.75) is 12.5 Å². The van der Waals surface area contributed by atoms with Gasteiger partial charge >= 0.3 is 0 Å². The van der Waals surface area contributed by atoms with Crippen molar-refractivity contribution in [3.8, 4) is 17.2 Å². The van der Waals surface area contributed by atoms with E-state index in [1.54, 1.807) is 24.1 Å². The molecule has 1 fully saturated rings. The molecule has 8 heteroatoms. The van der Waals surface area contributed by atoms with Crippen LogP contribution in [0.5, 0.6) is 17.2 Å². The summed E-state index contributed by atoms with van der Waals surface area (Å²) >= 11 is 0. The number of fused-ring (bicyclic) bond motifs is 1. The third-order valence-corrected chi connectivity index (χ3v) is 6.12. The Kier molecular flexibility index (Phi) is 5.64. The number of amides is 2. The van der Waals surface area contributed by atoms with Gasteiger partial charge in [-0.3, -0.25) is 9.59 Å². The second kappa shape index (κ2) is 8.90. The molecule has 0 bridgehead atoms. The van der Waals surface area contributed by atoms with Crippen molar-refractivity contribution in [2.24, 2.45) is 5.92 Å². The number of carbonyl (C=O) groups excluding carboxylic acids is 2. The maximum absolute atomic E-state index is 13.3. The Hall–Kier alpha value is -3.94. The van der Waals surface area contributed by atoms with Gasteiger partial charge in [0.1, 0.15) is 5.75 Å². The predicted octanol–water partition coefficient (Wildman–Crippen LogP) is 3.19. The number of hydrogen-bond donors (Lipinski definition) is 1. The highest BCUT2D eigenvalue weighted by atomic mass is 16.7. The Labute approximate surface area is 191 Å². The summed E-state index contributed by atoms with van der Waals surface area (Å²) in [6.07, 6.45) is 1.47. The Morgan fingerprint density at radius 3 is 2.73 bits per heavy atom. The maximum Gasteiger partial charge on any atom is 0.289 e. The minimum atomic E-state index is -0.436. The standard InChI is InChI=1S/C25H24N2O6/c1-30-20-6-3-2-5-17(20)18-13-27(25(29)22-7-4-10-31-22)14-19(18)24(28)26-12-16-8-9-21-23(11-16)33-15-32-21/h2-11,18-19H,12-15H2,1H3,(H,26,28)/t18-,19-/m0/s1. The Morgan fingerprint density at radius 1 is 1.06 bits per heavy atom. The lowest BCUT2D eigenvalue weighted by Gasteiger charge is -2.20. The molecule has 2 atom stereocenters. The second-order valence-corrected chi connectivity index (χ2v) is 8.05. The zero-order chi connectivity index (χ0) is 22.8. The molecule has 2 aromatic carbocycles. The fourth-order valence-corrected chi connectivity index (χ4v) is 4.45. The molecule has 2 aliphatic heterocycles. The van der Waals surface area contributed by atoms with Gasteiger partial charge in [-0.1, -0.05) is 24.3 Å². The number of benzene rings is 2. The first kappa shape index (κ1) is 20.9. The topological polar surface area (TPSA) is 90.2 Å². The number of rotatable bonds is 6. The third kappa shape index (κ3) is 4.11. The van der Waals surface area contributed by atoms with Crippen molar-refractivity contribution in [3.63, 3.8) is 0 Å². The van der Waals surface area contributed by atoms with Gasteiger partial charge in [0.15, 0.2) is 17.3 Å². The van der Waals surface area contributed by atoms with Crippen molar-refractivity contribution < 1.29 is 28.2 Å². The SMILES string of the molecule is COc1ccccc1[C@@H]1CN(C(=O)c2ccco2)C[C@@H]1C(=O)NCc1ccc2c(c1)OCO2. The van der Waals surface area contributed by atoms with E-state index < -0.39 is 5.92 Å². The van der Waals surface area contributed by atoms with Gasteiger partial charge in [-0.05, 0) is 41.5 Å². The third-order valence-electron chi connectivity index (χ3n) is 6.12. The van der Waals surface area contributed by atoms with Crippen molar-refractivity contribution >= 4 is 11.8 Å². The van der Waals surface area contributed by atoms with Crippen LogP contribution in [-0.2, 0) is 11.3 Å². The fourth-order valence-electron chi connectivity index (χ4n) is 4.45. The molecule has 0 aliphatic carbocycles. The van der Waals surface area contributed by atoms with E-state index in [1.807, 2.05) is 42.5 Å². The monoisotopic (exact) mass is 448 g/mol. The molecular weight excluding hydrogens is 424 g/mol. The first-order chi connectivity index (χ1) is 16.1. The number of furan rings is 1. The zero-order valence-corrected chi connectivity index (χ0v) is 18.2. The predicted molar refractivity (Wildman–Crippen MR) is 118 cm³/mol. The number of likely N-dealkylation sites (tertiary alicyclic amines) is 1. The average Bonchev–Trinajstić information content (AvgIpc) is 3.62. The minimum absolute atomic E-state index is 0.127. The zero-order valence-electron chi connectivity index (χ0n) is 18.2. The van der Waals surface area contributed by atoms with E-state index in [4.69, 9.17) is 18.6 Å². The van der Waals surface area contributed by atoms with Gasteiger partial charge in [0.2, 0.25) is 12.7 Å². The second-order valence-electron chi connectivity index (χ2n) is 8.05. The quantitative estimate of drug-likeness (QED) is 0.623. The van der Waals surface area contributed by atoms with Gasteiger partial charge in [-0.25, -0.2) is 0 Å². The summed E-state index contributed by atoms with van der Waals surface area (Å²) in [5.41, 5.74) is 1.81. The summed E-state index contributed by atoms with van der Waals surface area (Å²) in [6.45, 7) is 1.22. The molecule has 5 rings (SSSR count). The summed E-state index contributed by atoms with van der Waals surface area (Å²) in [4.78, 5) is 27.9. The molecule has 1 N–H and O–H groups in total. The largest absolute Gasteiger partial charge is 0.496 e. The number of methoxy groups -OCH3 is 1. The lowest BCUT2D eigenvalue weighted by Crippen LogP contribution is -2.35. The molecule has 0 radical (unpaired) electrons. The van der Waals surface area contributed by atoms with Gasteiger partial charge in [0.25, 0.3) is 5.91 Å². The number of ether oxygens (including phenoxy) is 3. The molecule has 33 heavy (non-hydrogen) atoms. The molecule has 0 unspecified atom stereocenters. The van der Waals surface area contributed by atoms with Gasteiger partial charge in [0, 0.05) is 25.6 Å². The number of para-hydroxylation sites is 1. The minimum Gasteiger partial charge on any atom is -0.496 e. The molecule has 2 amide bonds. The lowest BCUT2D eigenvalue weighted by molar-refractivity contribution is -0.125. The first-order valence-corrected chi connectivity index (χ1v) is 10.8. The molecule has 3 aromatic rings. The normalized spacial score (nSPS) is 18.9. The summed E-state index contributed by atoms with van der Waals surface area (Å²) < 4.78 is 21.6. The Balaban J connectivity index is 1.36. The van der Waals surface area contributed by atoms with E-state index in [2.05, 4.69) is 5.32 Å². The molecule has 8 nitrogen and oxygen atoms in total. The lowest BCUT2D eigenvalue weighted by atomic mass is 9.87. The van der Waals surface area contributed by atoms with Crippen LogP contribution >= 0.6 is 0 Å². The molecule has 170 valence electrons. The van der Waals surface area contributed by atoms with E-state index >= 15 is 0 Å². The summed E-state index contributed by atoms with van der Waals surface area (Å²) in [5, 5.41) is 3.03. The first-order valence-electron chi connectivity index (χ1n) is 10.8. The smallest absolute Gasteiger partial charge is 0.289 e. The van der Waals surface area contributed by atoms with Crippen LogP contribution in [0, 0.1) is 5.92 Å². The van der Waals surface area contributed by atoms with E-state index in [0.29, 0.717) is 30.3 Å². The molecule has 2 aliphatic rings. The maximum atomic E-state index is 13.3. The van der Waals surface area contributed by atoms with Gasteiger partial charge in [-0.15, -0.1) is 0 Å². The molecule has 0 saturated carbocycles. The Morgan fingerprint density at radius 2 is 1.91 bits per heavy atom.